The van der Waals surface area contributed by atoms with E-state index in [0.717, 1.165) is 17.2 Å². The molecule has 1 aromatic carbocycles. The van der Waals surface area contributed by atoms with Crippen LogP contribution in [0, 0.1) is 0 Å². The Labute approximate surface area is 94.2 Å². The van der Waals surface area contributed by atoms with Crippen molar-refractivity contribution in [3.63, 3.8) is 0 Å². The molecule has 0 saturated carbocycles. The number of thioether (sulfide) groups is 1. The molecule has 0 radical (unpaired) electrons. The fourth-order valence-electron chi connectivity index (χ4n) is 1.12. The average molecular weight is 225 g/mol. The molecule has 4 heteroatoms. The lowest BCUT2D eigenvalue weighted by atomic mass is 10.3. The minimum atomic E-state index is -0.0871. The summed E-state index contributed by atoms with van der Waals surface area (Å²) in [6.45, 7) is 2.14. The van der Waals surface area contributed by atoms with E-state index in [1.54, 1.807) is 11.8 Å². The van der Waals surface area contributed by atoms with Gasteiger partial charge < -0.3 is 10.1 Å². The fraction of sp³-hybridized carbons (Fsp3) is 0.364. The minimum Gasteiger partial charge on any atom is -0.491 e. The summed E-state index contributed by atoms with van der Waals surface area (Å²) in [5.74, 6) is 1.58. The largest absolute Gasteiger partial charge is 0.491 e. The van der Waals surface area contributed by atoms with Gasteiger partial charge in [0.15, 0.2) is 0 Å². The highest BCUT2D eigenvalue weighted by atomic mass is 32.2. The van der Waals surface area contributed by atoms with Crippen LogP contribution in [-0.4, -0.2) is 24.5 Å². The van der Waals surface area contributed by atoms with Crippen LogP contribution in [0.5, 0.6) is 5.75 Å². The zero-order chi connectivity index (χ0) is 11.1. The van der Waals surface area contributed by atoms with E-state index < -0.39 is 0 Å². The average Bonchev–Trinajstić information content (AvgIpc) is 2.20. The first-order valence-corrected chi connectivity index (χ1v) is 6.12. The Morgan fingerprint density at radius 2 is 2.20 bits per heavy atom. The Kier molecular flexibility index (Phi) is 5.04. The number of carbonyl (C=O) groups excluding carboxylic acids is 1. The molecule has 0 fully saturated rings. The normalized spacial score (nSPS) is 9.73. The van der Waals surface area contributed by atoms with Crippen molar-refractivity contribution in [3.8, 4) is 5.75 Å². The molecule has 1 N–H and O–H groups in total. The molecule has 0 bridgehead atoms. The first-order chi connectivity index (χ1) is 7.24. The number of hydrogen-bond acceptors (Lipinski definition) is 3. The molecule has 0 aliphatic carbocycles. The third-order valence-corrected chi connectivity index (χ3v) is 2.32. The number of anilines is 1. The van der Waals surface area contributed by atoms with Crippen LogP contribution >= 0.6 is 11.8 Å². The summed E-state index contributed by atoms with van der Waals surface area (Å²) < 4.78 is 5.54. The number of nitrogens with one attached hydrogen (secondary N) is 1. The number of benzene rings is 1. The molecule has 0 aliphatic heterocycles. The highest BCUT2D eigenvalue weighted by molar-refractivity contribution is 7.98. The van der Waals surface area contributed by atoms with Crippen molar-refractivity contribution in [1.82, 2.24) is 0 Å². The highest BCUT2D eigenvalue weighted by Crippen LogP contribution is 2.23. The Morgan fingerprint density at radius 3 is 2.87 bits per heavy atom. The number of ether oxygens (including phenoxy) is 1. The number of para-hydroxylation sites is 2. The molecule has 15 heavy (non-hydrogen) atoms. The standard InChI is InChI=1S/C11H15NO2S/c1-9(13)12-10-5-3-4-6-11(10)14-7-8-15-2/h3-6H,7-8H2,1-2H3,(H,12,13). The topological polar surface area (TPSA) is 38.3 Å². The lowest BCUT2D eigenvalue weighted by Gasteiger charge is -2.10. The third-order valence-electron chi connectivity index (χ3n) is 1.74. The molecule has 1 rings (SSSR count). The van der Waals surface area contributed by atoms with E-state index in [2.05, 4.69) is 5.32 Å². The Hall–Kier alpha value is -1.16. The second-order valence-electron chi connectivity index (χ2n) is 3.02. The maximum atomic E-state index is 10.9. The summed E-state index contributed by atoms with van der Waals surface area (Å²) >= 11 is 1.73. The molecule has 0 aromatic heterocycles. The molecule has 0 unspecified atom stereocenters. The van der Waals surface area contributed by atoms with Gasteiger partial charge in [-0.2, -0.15) is 11.8 Å². The van der Waals surface area contributed by atoms with Crippen molar-refractivity contribution < 1.29 is 9.53 Å². The molecular weight excluding hydrogens is 210 g/mol. The minimum absolute atomic E-state index is 0.0871. The van der Waals surface area contributed by atoms with E-state index >= 15 is 0 Å². The molecule has 0 heterocycles. The number of hydrogen-bond donors (Lipinski definition) is 1. The van der Waals surface area contributed by atoms with E-state index in [0.29, 0.717) is 6.61 Å². The Bertz CT molecular complexity index is 328. The van der Waals surface area contributed by atoms with Crippen molar-refractivity contribution in [1.29, 1.82) is 0 Å². The van der Waals surface area contributed by atoms with Crippen molar-refractivity contribution in [2.75, 3.05) is 23.9 Å². The van der Waals surface area contributed by atoms with Crippen molar-refractivity contribution in [2.24, 2.45) is 0 Å². The van der Waals surface area contributed by atoms with Gasteiger partial charge in [0.05, 0.1) is 12.3 Å². The van der Waals surface area contributed by atoms with Gasteiger partial charge in [0.1, 0.15) is 5.75 Å². The van der Waals surface area contributed by atoms with Crippen LogP contribution in [0.15, 0.2) is 24.3 Å². The fourth-order valence-corrected chi connectivity index (χ4v) is 1.37. The van der Waals surface area contributed by atoms with Crippen LogP contribution in [0.4, 0.5) is 5.69 Å². The van der Waals surface area contributed by atoms with Crippen LogP contribution < -0.4 is 10.1 Å². The van der Waals surface area contributed by atoms with Gasteiger partial charge in [0.2, 0.25) is 5.91 Å². The van der Waals surface area contributed by atoms with Crippen LogP contribution in [0.2, 0.25) is 0 Å². The van der Waals surface area contributed by atoms with Gasteiger partial charge in [-0.05, 0) is 18.4 Å². The van der Waals surface area contributed by atoms with E-state index in [4.69, 9.17) is 4.74 Å². The summed E-state index contributed by atoms with van der Waals surface area (Å²) in [6, 6.07) is 7.44. The van der Waals surface area contributed by atoms with Crippen molar-refractivity contribution in [3.05, 3.63) is 24.3 Å². The first-order valence-electron chi connectivity index (χ1n) is 4.72. The molecule has 82 valence electrons. The summed E-state index contributed by atoms with van der Waals surface area (Å²) in [5.41, 5.74) is 0.728. The molecule has 3 nitrogen and oxygen atoms in total. The molecule has 0 aliphatic rings. The lowest BCUT2D eigenvalue weighted by molar-refractivity contribution is -0.114. The Balaban J connectivity index is 2.64. The van der Waals surface area contributed by atoms with E-state index in [1.807, 2.05) is 30.5 Å². The predicted octanol–water partition coefficient (Wildman–Crippen LogP) is 2.39. The molecule has 0 saturated heterocycles. The van der Waals surface area contributed by atoms with Crippen LogP contribution in [-0.2, 0) is 4.79 Å². The van der Waals surface area contributed by atoms with Crippen molar-refractivity contribution >= 4 is 23.4 Å². The second kappa shape index (κ2) is 6.35. The van der Waals surface area contributed by atoms with Crippen LogP contribution in [0.1, 0.15) is 6.92 Å². The summed E-state index contributed by atoms with van der Waals surface area (Å²) in [7, 11) is 0. The maximum absolute atomic E-state index is 10.9. The van der Waals surface area contributed by atoms with Gasteiger partial charge in [-0.3, -0.25) is 4.79 Å². The van der Waals surface area contributed by atoms with E-state index in [9.17, 15) is 4.79 Å². The second-order valence-corrected chi connectivity index (χ2v) is 4.00. The van der Waals surface area contributed by atoms with Gasteiger partial charge in [-0.1, -0.05) is 12.1 Å². The monoisotopic (exact) mass is 225 g/mol. The third kappa shape index (κ3) is 4.25. The first kappa shape index (κ1) is 11.9. The molecule has 1 amide bonds. The summed E-state index contributed by atoms with van der Waals surface area (Å²) in [4.78, 5) is 10.9. The van der Waals surface area contributed by atoms with Gasteiger partial charge in [-0.25, -0.2) is 0 Å². The van der Waals surface area contributed by atoms with Gasteiger partial charge >= 0.3 is 0 Å². The number of rotatable bonds is 5. The van der Waals surface area contributed by atoms with Gasteiger partial charge in [0, 0.05) is 12.7 Å². The molecular formula is C11H15NO2S. The zero-order valence-corrected chi connectivity index (χ0v) is 9.76. The van der Waals surface area contributed by atoms with E-state index in [-0.39, 0.29) is 5.91 Å². The van der Waals surface area contributed by atoms with E-state index in [1.165, 1.54) is 6.92 Å². The van der Waals surface area contributed by atoms with Crippen molar-refractivity contribution in [2.45, 2.75) is 6.92 Å². The van der Waals surface area contributed by atoms with Crippen LogP contribution in [0.25, 0.3) is 0 Å². The molecule has 1 aromatic rings. The number of carbonyl (C=O) groups is 1. The van der Waals surface area contributed by atoms with Gasteiger partial charge in [0.25, 0.3) is 0 Å². The number of amides is 1. The Morgan fingerprint density at radius 1 is 1.47 bits per heavy atom. The maximum Gasteiger partial charge on any atom is 0.221 e. The lowest BCUT2D eigenvalue weighted by Crippen LogP contribution is -2.08. The summed E-state index contributed by atoms with van der Waals surface area (Å²) in [6.07, 6.45) is 2.03. The van der Waals surface area contributed by atoms with Gasteiger partial charge in [-0.15, -0.1) is 0 Å². The van der Waals surface area contributed by atoms with Crippen LogP contribution in [0.3, 0.4) is 0 Å². The SMILES string of the molecule is CSCCOc1ccccc1NC(C)=O. The quantitative estimate of drug-likeness (QED) is 0.782. The predicted molar refractivity (Wildman–Crippen MR) is 64.6 cm³/mol. The molecule has 0 atom stereocenters. The molecule has 0 spiro atoms. The smallest absolute Gasteiger partial charge is 0.221 e. The summed E-state index contributed by atoms with van der Waals surface area (Å²) in [5, 5.41) is 2.73. The zero-order valence-electron chi connectivity index (χ0n) is 8.95. The highest BCUT2D eigenvalue weighted by Gasteiger charge is 2.03.